The Kier molecular flexibility index (Phi) is 4.68. The standard InChI is InChI=1S/C15H17F4NO/c1-3-20-7-15(8-21-4-2)9-5-6-10(16)12(17)11(9)13(18)14(15)19/h5-6,20H,3-4,7-8H2,1-2H3. The smallest absolute Gasteiger partial charge is 0.169 e. The Morgan fingerprint density at radius 3 is 2.48 bits per heavy atom. The third kappa shape index (κ3) is 2.46. The molecule has 1 aliphatic rings. The van der Waals surface area contributed by atoms with E-state index in [1.807, 2.05) is 6.92 Å². The summed E-state index contributed by atoms with van der Waals surface area (Å²) in [6.45, 7) is 4.27. The van der Waals surface area contributed by atoms with Crippen molar-refractivity contribution in [3.8, 4) is 0 Å². The van der Waals surface area contributed by atoms with Crippen molar-refractivity contribution < 1.29 is 22.3 Å². The van der Waals surface area contributed by atoms with Gasteiger partial charge in [0.05, 0.1) is 17.6 Å². The Hall–Kier alpha value is -1.40. The molecule has 0 saturated carbocycles. The van der Waals surface area contributed by atoms with Crippen molar-refractivity contribution in [1.82, 2.24) is 5.32 Å². The van der Waals surface area contributed by atoms with Crippen molar-refractivity contribution in [1.29, 1.82) is 0 Å². The molecule has 0 radical (unpaired) electrons. The van der Waals surface area contributed by atoms with E-state index in [2.05, 4.69) is 5.32 Å². The molecule has 1 aromatic rings. The zero-order valence-corrected chi connectivity index (χ0v) is 11.9. The Labute approximate surface area is 120 Å². The van der Waals surface area contributed by atoms with E-state index < -0.39 is 34.3 Å². The zero-order valence-electron chi connectivity index (χ0n) is 11.9. The fourth-order valence-electron chi connectivity index (χ4n) is 2.58. The largest absolute Gasteiger partial charge is 0.380 e. The van der Waals surface area contributed by atoms with Crippen molar-refractivity contribution in [2.24, 2.45) is 0 Å². The second-order valence-electron chi connectivity index (χ2n) is 4.91. The number of nitrogens with one attached hydrogen (secondary N) is 1. The number of rotatable bonds is 6. The SMILES string of the molecule is CCNCC1(COCC)C(F)=C(F)c2c1ccc(F)c2F. The van der Waals surface area contributed by atoms with Crippen molar-refractivity contribution in [2.45, 2.75) is 19.3 Å². The van der Waals surface area contributed by atoms with Crippen LogP contribution in [0.15, 0.2) is 18.0 Å². The van der Waals surface area contributed by atoms with Gasteiger partial charge in [0.2, 0.25) is 0 Å². The van der Waals surface area contributed by atoms with Crippen molar-refractivity contribution >= 4 is 5.83 Å². The summed E-state index contributed by atoms with van der Waals surface area (Å²) >= 11 is 0. The van der Waals surface area contributed by atoms with Crippen LogP contribution in [-0.2, 0) is 10.2 Å². The molecule has 2 rings (SSSR count). The summed E-state index contributed by atoms with van der Waals surface area (Å²) in [7, 11) is 0. The second-order valence-corrected chi connectivity index (χ2v) is 4.91. The molecule has 0 heterocycles. The van der Waals surface area contributed by atoms with Crippen LogP contribution in [0.25, 0.3) is 5.83 Å². The van der Waals surface area contributed by atoms with Gasteiger partial charge in [-0.1, -0.05) is 13.0 Å². The highest BCUT2D eigenvalue weighted by molar-refractivity contribution is 5.75. The van der Waals surface area contributed by atoms with Gasteiger partial charge in [0.1, 0.15) is 0 Å². The van der Waals surface area contributed by atoms with Crippen molar-refractivity contribution in [2.75, 3.05) is 26.3 Å². The maximum atomic E-state index is 14.5. The quantitative estimate of drug-likeness (QED) is 0.813. The first kappa shape index (κ1) is 16.0. The van der Waals surface area contributed by atoms with Gasteiger partial charge in [-0.25, -0.2) is 17.6 Å². The van der Waals surface area contributed by atoms with E-state index in [9.17, 15) is 17.6 Å². The molecule has 1 unspecified atom stereocenters. The number of fused-ring (bicyclic) bond motifs is 1. The number of hydrogen-bond donors (Lipinski definition) is 1. The molecule has 116 valence electrons. The molecule has 0 spiro atoms. The van der Waals surface area contributed by atoms with Crippen LogP contribution < -0.4 is 5.32 Å². The van der Waals surface area contributed by atoms with E-state index in [-0.39, 0.29) is 18.7 Å². The summed E-state index contributed by atoms with van der Waals surface area (Å²) in [5.41, 5.74) is -2.02. The summed E-state index contributed by atoms with van der Waals surface area (Å²) < 4.78 is 61.0. The summed E-state index contributed by atoms with van der Waals surface area (Å²) in [5.74, 6) is -5.03. The molecule has 2 nitrogen and oxygen atoms in total. The van der Waals surface area contributed by atoms with Gasteiger partial charge in [-0.15, -0.1) is 0 Å². The molecule has 0 aromatic heterocycles. The molecule has 1 aliphatic carbocycles. The highest BCUT2D eigenvalue weighted by atomic mass is 19.2. The van der Waals surface area contributed by atoms with E-state index >= 15 is 0 Å². The lowest BCUT2D eigenvalue weighted by Crippen LogP contribution is -2.42. The van der Waals surface area contributed by atoms with E-state index in [0.717, 1.165) is 6.07 Å². The molecule has 0 bridgehead atoms. The summed E-state index contributed by atoms with van der Waals surface area (Å²) in [6.07, 6.45) is 0. The molecule has 0 saturated heterocycles. The van der Waals surface area contributed by atoms with E-state index in [1.54, 1.807) is 6.92 Å². The Morgan fingerprint density at radius 2 is 1.86 bits per heavy atom. The van der Waals surface area contributed by atoms with Crippen LogP contribution in [0.4, 0.5) is 17.6 Å². The minimum Gasteiger partial charge on any atom is -0.380 e. The lowest BCUT2D eigenvalue weighted by molar-refractivity contribution is 0.0968. The first-order chi connectivity index (χ1) is 9.99. The fraction of sp³-hybridized carbons (Fsp3) is 0.467. The van der Waals surface area contributed by atoms with Gasteiger partial charge in [0, 0.05) is 13.2 Å². The lowest BCUT2D eigenvalue weighted by atomic mass is 9.82. The number of ether oxygens (including phenoxy) is 1. The molecule has 6 heteroatoms. The molecule has 0 aliphatic heterocycles. The highest BCUT2D eigenvalue weighted by Crippen LogP contribution is 2.49. The normalized spacial score (nSPS) is 21.0. The number of benzene rings is 1. The molecule has 0 fully saturated rings. The Balaban J connectivity index is 2.59. The third-order valence-electron chi connectivity index (χ3n) is 3.67. The van der Waals surface area contributed by atoms with Crippen LogP contribution in [0.2, 0.25) is 0 Å². The zero-order chi connectivity index (χ0) is 15.6. The number of halogens is 4. The second kappa shape index (κ2) is 6.15. The van der Waals surface area contributed by atoms with Crippen LogP contribution in [0, 0.1) is 11.6 Å². The molecule has 1 aromatic carbocycles. The van der Waals surface area contributed by atoms with Crippen LogP contribution in [0.1, 0.15) is 25.0 Å². The van der Waals surface area contributed by atoms with Crippen LogP contribution >= 0.6 is 0 Å². The Morgan fingerprint density at radius 1 is 1.14 bits per heavy atom. The van der Waals surface area contributed by atoms with E-state index in [1.165, 1.54) is 6.07 Å². The Bertz CT molecular complexity index is 563. The maximum absolute atomic E-state index is 14.5. The van der Waals surface area contributed by atoms with Crippen LogP contribution in [0.5, 0.6) is 0 Å². The molecule has 1 atom stereocenters. The van der Waals surface area contributed by atoms with E-state index in [0.29, 0.717) is 13.2 Å². The van der Waals surface area contributed by atoms with Crippen LogP contribution in [-0.4, -0.2) is 26.3 Å². The summed E-state index contributed by atoms with van der Waals surface area (Å²) in [5, 5.41) is 2.93. The van der Waals surface area contributed by atoms with Crippen LogP contribution in [0.3, 0.4) is 0 Å². The molecule has 1 N–H and O–H groups in total. The summed E-state index contributed by atoms with van der Waals surface area (Å²) in [4.78, 5) is 0. The summed E-state index contributed by atoms with van der Waals surface area (Å²) in [6, 6.07) is 2.10. The minimum atomic E-state index is -1.46. The fourth-order valence-corrected chi connectivity index (χ4v) is 2.58. The van der Waals surface area contributed by atoms with Gasteiger partial charge in [0.25, 0.3) is 0 Å². The van der Waals surface area contributed by atoms with Crippen molar-refractivity contribution in [3.05, 3.63) is 40.7 Å². The average Bonchev–Trinajstić information content (AvgIpc) is 2.69. The molecule has 0 amide bonds. The minimum absolute atomic E-state index is 0.0425. The molecular formula is C15H17F4NO. The topological polar surface area (TPSA) is 21.3 Å². The highest BCUT2D eigenvalue weighted by Gasteiger charge is 2.48. The number of hydrogen-bond acceptors (Lipinski definition) is 2. The molecular weight excluding hydrogens is 286 g/mol. The monoisotopic (exact) mass is 303 g/mol. The van der Waals surface area contributed by atoms with Gasteiger partial charge < -0.3 is 10.1 Å². The van der Waals surface area contributed by atoms with Crippen molar-refractivity contribution in [3.63, 3.8) is 0 Å². The van der Waals surface area contributed by atoms with Gasteiger partial charge in [-0.2, -0.15) is 0 Å². The molecule has 21 heavy (non-hydrogen) atoms. The lowest BCUT2D eigenvalue weighted by Gasteiger charge is -2.30. The van der Waals surface area contributed by atoms with Gasteiger partial charge >= 0.3 is 0 Å². The number of likely N-dealkylation sites (N-methyl/N-ethyl adjacent to an activating group) is 1. The third-order valence-corrected chi connectivity index (χ3v) is 3.67. The first-order valence-corrected chi connectivity index (χ1v) is 6.82. The maximum Gasteiger partial charge on any atom is 0.169 e. The van der Waals surface area contributed by atoms with Gasteiger partial charge in [-0.3, -0.25) is 0 Å². The average molecular weight is 303 g/mol. The van der Waals surface area contributed by atoms with E-state index in [4.69, 9.17) is 4.74 Å². The predicted octanol–water partition coefficient (Wildman–Crippen LogP) is 3.47. The first-order valence-electron chi connectivity index (χ1n) is 6.82. The van der Waals surface area contributed by atoms with Gasteiger partial charge in [0.15, 0.2) is 23.3 Å². The predicted molar refractivity (Wildman–Crippen MR) is 72.2 cm³/mol. The van der Waals surface area contributed by atoms with Gasteiger partial charge in [-0.05, 0) is 25.1 Å².